The molecule has 0 saturated carbocycles. The van der Waals surface area contributed by atoms with Gasteiger partial charge in [0.25, 0.3) is 0 Å². The number of hydrogen-bond donors (Lipinski definition) is 0. The highest BCUT2D eigenvalue weighted by atomic mass is 16.2. The fraction of sp³-hybridized carbons (Fsp3) is 0.619. The van der Waals surface area contributed by atoms with E-state index in [0.29, 0.717) is 13.1 Å². The third-order valence-electron chi connectivity index (χ3n) is 6.09. The molecule has 0 N–H and O–H groups in total. The zero-order valence-corrected chi connectivity index (χ0v) is 16.5. The first kappa shape index (κ1) is 18.7. The molecule has 1 aromatic carbocycles. The van der Waals surface area contributed by atoms with E-state index < -0.39 is 0 Å². The predicted molar refractivity (Wildman–Crippen MR) is 104 cm³/mol. The van der Waals surface area contributed by atoms with Gasteiger partial charge in [0, 0.05) is 44.0 Å². The number of anilines is 1. The summed E-state index contributed by atoms with van der Waals surface area (Å²) in [5, 5.41) is 0. The number of aryl methyl sites for hydroxylation is 1. The van der Waals surface area contributed by atoms with Gasteiger partial charge < -0.3 is 14.7 Å². The maximum atomic E-state index is 12.8. The average Bonchev–Trinajstić information content (AvgIpc) is 2.63. The summed E-state index contributed by atoms with van der Waals surface area (Å²) < 4.78 is 0. The SMILES string of the molecule is Cc1cccc(N2CCN(C(=O)C(=O)N3C(C)CCCC3C)CC2)c1C. The van der Waals surface area contributed by atoms with Crippen molar-refractivity contribution in [2.24, 2.45) is 0 Å². The predicted octanol–water partition coefficient (Wildman–Crippen LogP) is 2.74. The fourth-order valence-corrected chi connectivity index (χ4v) is 4.30. The van der Waals surface area contributed by atoms with E-state index in [1.54, 1.807) is 4.90 Å². The number of carbonyl (C=O) groups excluding carboxylic acids is 2. The number of rotatable bonds is 1. The van der Waals surface area contributed by atoms with E-state index in [9.17, 15) is 9.59 Å². The Hall–Kier alpha value is -2.04. The molecule has 2 heterocycles. The van der Waals surface area contributed by atoms with Gasteiger partial charge >= 0.3 is 11.8 Å². The largest absolute Gasteiger partial charge is 0.368 e. The molecule has 5 nitrogen and oxygen atoms in total. The molecule has 0 aromatic heterocycles. The number of amides is 2. The first-order valence-corrected chi connectivity index (χ1v) is 9.83. The standard InChI is InChI=1S/C21H31N3O2/c1-15-7-5-10-19(18(15)4)22-11-13-23(14-12-22)20(25)21(26)24-16(2)8-6-9-17(24)3/h5,7,10,16-17H,6,8-9,11-14H2,1-4H3. The Labute approximate surface area is 156 Å². The summed E-state index contributed by atoms with van der Waals surface area (Å²) in [6.45, 7) is 11.1. The Morgan fingerprint density at radius 3 is 2.15 bits per heavy atom. The lowest BCUT2D eigenvalue weighted by molar-refractivity contribution is -0.155. The summed E-state index contributed by atoms with van der Waals surface area (Å²) in [6, 6.07) is 6.66. The van der Waals surface area contributed by atoms with Crippen LogP contribution in [0.1, 0.15) is 44.2 Å². The fourth-order valence-electron chi connectivity index (χ4n) is 4.30. The molecular formula is C21H31N3O2. The molecule has 2 atom stereocenters. The molecule has 2 fully saturated rings. The van der Waals surface area contributed by atoms with Crippen LogP contribution >= 0.6 is 0 Å². The highest BCUT2D eigenvalue weighted by molar-refractivity contribution is 6.35. The Morgan fingerprint density at radius 2 is 1.54 bits per heavy atom. The lowest BCUT2D eigenvalue weighted by Gasteiger charge is -2.41. The molecule has 26 heavy (non-hydrogen) atoms. The number of likely N-dealkylation sites (tertiary alicyclic amines) is 1. The van der Waals surface area contributed by atoms with Crippen molar-refractivity contribution in [1.82, 2.24) is 9.80 Å². The van der Waals surface area contributed by atoms with Crippen molar-refractivity contribution in [2.75, 3.05) is 31.1 Å². The number of nitrogens with zero attached hydrogens (tertiary/aromatic N) is 3. The van der Waals surface area contributed by atoms with Crippen LogP contribution < -0.4 is 4.90 Å². The summed E-state index contributed by atoms with van der Waals surface area (Å²) >= 11 is 0. The van der Waals surface area contributed by atoms with Crippen molar-refractivity contribution in [3.05, 3.63) is 29.3 Å². The first-order valence-electron chi connectivity index (χ1n) is 9.83. The lowest BCUT2D eigenvalue weighted by atomic mass is 9.97. The van der Waals surface area contributed by atoms with Crippen molar-refractivity contribution in [1.29, 1.82) is 0 Å². The van der Waals surface area contributed by atoms with Gasteiger partial charge in [0.1, 0.15) is 0 Å². The van der Waals surface area contributed by atoms with Crippen LogP contribution in [-0.2, 0) is 9.59 Å². The number of piperazine rings is 1. The Bertz CT molecular complexity index is 670. The van der Waals surface area contributed by atoms with Crippen molar-refractivity contribution in [2.45, 2.75) is 59.0 Å². The number of benzene rings is 1. The van der Waals surface area contributed by atoms with Crippen LogP contribution in [0.4, 0.5) is 5.69 Å². The van der Waals surface area contributed by atoms with Gasteiger partial charge in [-0.2, -0.15) is 0 Å². The summed E-state index contributed by atoms with van der Waals surface area (Å²) in [5.41, 5.74) is 3.81. The van der Waals surface area contributed by atoms with E-state index in [0.717, 1.165) is 32.4 Å². The number of piperidine rings is 1. The van der Waals surface area contributed by atoms with Crippen LogP contribution in [0.3, 0.4) is 0 Å². The molecule has 5 heteroatoms. The molecule has 2 amide bonds. The third-order valence-corrected chi connectivity index (χ3v) is 6.09. The summed E-state index contributed by atoms with van der Waals surface area (Å²) in [4.78, 5) is 31.4. The van der Waals surface area contributed by atoms with E-state index in [1.165, 1.54) is 16.8 Å². The minimum atomic E-state index is -0.328. The van der Waals surface area contributed by atoms with Crippen molar-refractivity contribution in [3.63, 3.8) is 0 Å². The van der Waals surface area contributed by atoms with Crippen LogP contribution in [0.5, 0.6) is 0 Å². The number of carbonyl (C=O) groups is 2. The van der Waals surface area contributed by atoms with Crippen LogP contribution in [0.15, 0.2) is 18.2 Å². The van der Waals surface area contributed by atoms with Crippen molar-refractivity contribution >= 4 is 17.5 Å². The molecule has 3 rings (SSSR count). The average molecular weight is 357 g/mol. The molecule has 0 bridgehead atoms. The molecule has 2 unspecified atom stereocenters. The van der Waals surface area contributed by atoms with Crippen LogP contribution in [-0.4, -0.2) is 59.9 Å². The number of hydrogen-bond acceptors (Lipinski definition) is 3. The Kier molecular flexibility index (Phi) is 5.54. The van der Waals surface area contributed by atoms with E-state index in [2.05, 4.69) is 50.8 Å². The van der Waals surface area contributed by atoms with Crippen LogP contribution in [0.25, 0.3) is 0 Å². The molecule has 0 spiro atoms. The molecule has 0 radical (unpaired) electrons. The first-order chi connectivity index (χ1) is 12.4. The molecule has 142 valence electrons. The summed E-state index contributed by atoms with van der Waals surface area (Å²) in [5.74, 6) is -0.642. The zero-order chi connectivity index (χ0) is 18.8. The van der Waals surface area contributed by atoms with Gasteiger partial charge in [0.15, 0.2) is 0 Å². The van der Waals surface area contributed by atoms with E-state index in [-0.39, 0.29) is 23.9 Å². The van der Waals surface area contributed by atoms with Crippen LogP contribution in [0, 0.1) is 13.8 Å². The molecule has 2 aliphatic rings. The maximum Gasteiger partial charge on any atom is 0.312 e. The minimum Gasteiger partial charge on any atom is -0.368 e. The summed E-state index contributed by atoms with van der Waals surface area (Å²) in [6.07, 6.45) is 3.11. The van der Waals surface area contributed by atoms with Gasteiger partial charge in [-0.15, -0.1) is 0 Å². The topological polar surface area (TPSA) is 43.9 Å². The van der Waals surface area contributed by atoms with Gasteiger partial charge in [-0.25, -0.2) is 0 Å². The second kappa shape index (κ2) is 7.68. The molecular weight excluding hydrogens is 326 g/mol. The normalized spacial score (nSPS) is 23.9. The lowest BCUT2D eigenvalue weighted by Crippen LogP contribution is -2.57. The highest BCUT2D eigenvalue weighted by Gasteiger charge is 2.36. The zero-order valence-electron chi connectivity index (χ0n) is 16.5. The smallest absolute Gasteiger partial charge is 0.312 e. The second-order valence-electron chi connectivity index (χ2n) is 7.84. The monoisotopic (exact) mass is 357 g/mol. The quantitative estimate of drug-likeness (QED) is 0.726. The third kappa shape index (κ3) is 3.57. The van der Waals surface area contributed by atoms with E-state index >= 15 is 0 Å². The van der Waals surface area contributed by atoms with Gasteiger partial charge in [-0.3, -0.25) is 9.59 Å². The van der Waals surface area contributed by atoms with Gasteiger partial charge in [0.2, 0.25) is 0 Å². The Morgan fingerprint density at radius 1 is 0.923 bits per heavy atom. The molecule has 2 saturated heterocycles. The summed E-state index contributed by atoms with van der Waals surface area (Å²) in [7, 11) is 0. The van der Waals surface area contributed by atoms with E-state index in [1.807, 2.05) is 4.90 Å². The maximum absolute atomic E-state index is 12.8. The molecule has 1 aromatic rings. The van der Waals surface area contributed by atoms with Crippen molar-refractivity contribution < 1.29 is 9.59 Å². The highest BCUT2D eigenvalue weighted by Crippen LogP contribution is 2.25. The van der Waals surface area contributed by atoms with Gasteiger partial charge in [-0.05, 0) is 64.2 Å². The minimum absolute atomic E-state index is 0.159. The van der Waals surface area contributed by atoms with Crippen molar-refractivity contribution in [3.8, 4) is 0 Å². The van der Waals surface area contributed by atoms with Crippen LogP contribution in [0.2, 0.25) is 0 Å². The Balaban J connectivity index is 1.63. The van der Waals surface area contributed by atoms with E-state index in [4.69, 9.17) is 0 Å². The second-order valence-corrected chi connectivity index (χ2v) is 7.84. The molecule has 2 aliphatic heterocycles. The molecule has 0 aliphatic carbocycles. The van der Waals surface area contributed by atoms with Gasteiger partial charge in [0.05, 0.1) is 0 Å². The van der Waals surface area contributed by atoms with Gasteiger partial charge in [-0.1, -0.05) is 12.1 Å².